The van der Waals surface area contributed by atoms with Crippen LogP contribution >= 0.6 is 0 Å². The van der Waals surface area contributed by atoms with Crippen LogP contribution in [0.4, 0.5) is 0 Å². The van der Waals surface area contributed by atoms with Crippen molar-refractivity contribution < 1.29 is 23.7 Å². The summed E-state index contributed by atoms with van der Waals surface area (Å²) >= 11 is 0. The van der Waals surface area contributed by atoms with E-state index in [0.29, 0.717) is 12.3 Å². The average molecular weight is 340 g/mol. The zero-order chi connectivity index (χ0) is 17.5. The zero-order valence-corrected chi connectivity index (χ0v) is 15.4. The predicted molar refractivity (Wildman–Crippen MR) is 91.8 cm³/mol. The van der Waals surface area contributed by atoms with Gasteiger partial charge in [-0.15, -0.1) is 0 Å². The summed E-state index contributed by atoms with van der Waals surface area (Å²) < 4.78 is 22.2. The number of carbonyl (C=O) groups is 1. The Morgan fingerprint density at radius 1 is 1.21 bits per heavy atom. The first kappa shape index (κ1) is 19.4. The van der Waals surface area contributed by atoms with Crippen molar-refractivity contribution in [1.29, 1.82) is 0 Å². The highest BCUT2D eigenvalue weighted by Gasteiger charge is 2.30. The minimum absolute atomic E-state index is 0.0458. The molecule has 5 nitrogen and oxygen atoms in total. The largest absolute Gasteiger partial charge is 0.469 e. The lowest BCUT2D eigenvalue weighted by molar-refractivity contribution is -0.148. The van der Waals surface area contributed by atoms with E-state index in [9.17, 15) is 4.79 Å². The van der Waals surface area contributed by atoms with Crippen molar-refractivity contribution in [3.05, 3.63) is 12.2 Å². The van der Waals surface area contributed by atoms with E-state index in [1.807, 2.05) is 0 Å². The zero-order valence-electron chi connectivity index (χ0n) is 15.4. The molecule has 2 heterocycles. The molecular weight excluding hydrogens is 308 g/mol. The monoisotopic (exact) mass is 340 g/mol. The van der Waals surface area contributed by atoms with Gasteiger partial charge in [-0.1, -0.05) is 19.1 Å². The first-order valence-electron chi connectivity index (χ1n) is 9.10. The molecule has 0 aliphatic carbocycles. The molecule has 2 aliphatic heterocycles. The summed E-state index contributed by atoms with van der Waals surface area (Å²) in [5.41, 5.74) is 0. The molecule has 2 rings (SSSR count). The lowest BCUT2D eigenvalue weighted by Gasteiger charge is -2.33. The maximum atomic E-state index is 11.5. The normalized spacial score (nSPS) is 35.2. The molecule has 0 spiro atoms. The van der Waals surface area contributed by atoms with Crippen molar-refractivity contribution in [1.82, 2.24) is 0 Å². The number of hydrogen-bond donors (Lipinski definition) is 0. The second-order valence-corrected chi connectivity index (χ2v) is 7.03. The number of carbonyl (C=O) groups excluding carboxylic acids is 1. The van der Waals surface area contributed by atoms with Gasteiger partial charge in [0.15, 0.2) is 0 Å². The molecule has 5 heteroatoms. The molecule has 1 unspecified atom stereocenters. The Morgan fingerprint density at radius 2 is 2.00 bits per heavy atom. The fraction of sp³-hybridized carbons (Fsp3) is 0.842. The maximum Gasteiger partial charge on any atom is 0.308 e. The fourth-order valence-electron chi connectivity index (χ4n) is 3.46. The lowest BCUT2D eigenvalue weighted by atomic mass is 9.91. The number of esters is 1. The van der Waals surface area contributed by atoms with Crippen LogP contribution in [0.15, 0.2) is 12.2 Å². The number of hydrogen-bond acceptors (Lipinski definition) is 5. The molecule has 0 saturated carbocycles. The van der Waals surface area contributed by atoms with E-state index < -0.39 is 0 Å². The Hall–Kier alpha value is -0.910. The Kier molecular flexibility index (Phi) is 7.72. The fourth-order valence-corrected chi connectivity index (χ4v) is 3.46. The third-order valence-electron chi connectivity index (χ3n) is 5.27. The molecule has 0 amide bonds. The van der Waals surface area contributed by atoms with Gasteiger partial charge in [0.1, 0.15) is 0 Å². The first-order valence-corrected chi connectivity index (χ1v) is 9.10. The van der Waals surface area contributed by atoms with E-state index in [1.54, 1.807) is 7.11 Å². The summed E-state index contributed by atoms with van der Waals surface area (Å²) in [7, 11) is 3.15. The van der Waals surface area contributed by atoms with Gasteiger partial charge < -0.3 is 18.9 Å². The van der Waals surface area contributed by atoms with Crippen molar-refractivity contribution >= 4 is 5.97 Å². The first-order chi connectivity index (χ1) is 11.5. The highest BCUT2D eigenvalue weighted by molar-refractivity contribution is 5.69. The predicted octanol–water partition coefficient (Wildman–Crippen LogP) is 3.26. The third-order valence-corrected chi connectivity index (χ3v) is 5.27. The van der Waals surface area contributed by atoms with Crippen LogP contribution in [0.3, 0.4) is 0 Å². The van der Waals surface area contributed by atoms with E-state index in [4.69, 9.17) is 18.9 Å². The van der Waals surface area contributed by atoms with Gasteiger partial charge in [0, 0.05) is 7.11 Å². The Bertz CT molecular complexity index is 422. The second-order valence-electron chi connectivity index (χ2n) is 7.03. The molecule has 0 aromatic heterocycles. The molecule has 2 aliphatic rings. The third kappa shape index (κ3) is 5.57. The molecule has 0 radical (unpaired) electrons. The molecule has 2 saturated heterocycles. The topological polar surface area (TPSA) is 54.0 Å². The summed E-state index contributed by atoms with van der Waals surface area (Å²) in [6, 6.07) is 0. The average Bonchev–Trinajstić information content (AvgIpc) is 3.05. The van der Waals surface area contributed by atoms with Gasteiger partial charge in [-0.05, 0) is 44.9 Å². The Labute approximate surface area is 145 Å². The molecule has 24 heavy (non-hydrogen) atoms. The molecule has 0 aromatic carbocycles. The Balaban J connectivity index is 1.75. The number of ether oxygens (including phenoxy) is 4. The van der Waals surface area contributed by atoms with E-state index in [2.05, 4.69) is 26.0 Å². The van der Waals surface area contributed by atoms with Gasteiger partial charge >= 0.3 is 5.97 Å². The van der Waals surface area contributed by atoms with Gasteiger partial charge in [0.2, 0.25) is 0 Å². The van der Waals surface area contributed by atoms with E-state index in [-0.39, 0.29) is 36.5 Å². The van der Waals surface area contributed by atoms with Crippen LogP contribution in [-0.4, -0.2) is 50.7 Å². The molecule has 0 bridgehead atoms. The molecule has 6 atom stereocenters. The molecular formula is C19H32O5. The van der Waals surface area contributed by atoms with E-state index in [0.717, 1.165) is 32.1 Å². The van der Waals surface area contributed by atoms with Crippen LogP contribution < -0.4 is 0 Å². The van der Waals surface area contributed by atoms with Crippen LogP contribution in [0.5, 0.6) is 0 Å². The minimum atomic E-state index is -0.200. The van der Waals surface area contributed by atoms with Crippen LogP contribution in [0.25, 0.3) is 0 Å². The van der Waals surface area contributed by atoms with Gasteiger partial charge in [0.25, 0.3) is 0 Å². The van der Waals surface area contributed by atoms with Crippen molar-refractivity contribution in [3.63, 3.8) is 0 Å². The highest BCUT2D eigenvalue weighted by Crippen LogP contribution is 2.29. The highest BCUT2D eigenvalue weighted by atomic mass is 16.5. The summed E-state index contributed by atoms with van der Waals surface area (Å²) in [5, 5.41) is 0. The summed E-state index contributed by atoms with van der Waals surface area (Å²) in [5.74, 6) is 0.192. The molecule has 0 N–H and O–H groups in total. The van der Waals surface area contributed by atoms with E-state index in [1.165, 1.54) is 7.11 Å². The van der Waals surface area contributed by atoms with Gasteiger partial charge in [-0.25, -0.2) is 0 Å². The Morgan fingerprint density at radius 3 is 2.71 bits per heavy atom. The minimum Gasteiger partial charge on any atom is -0.469 e. The van der Waals surface area contributed by atoms with Gasteiger partial charge in [0.05, 0.1) is 44.1 Å². The van der Waals surface area contributed by atoms with Crippen LogP contribution in [0.1, 0.15) is 52.4 Å². The SMILES string of the molecule is COC(=O)C[C@H]1O[C@@H](/C=C/C[C@@H]2CC[C@@H](C(C)OC)O2)CC[C@@H]1C. The molecule has 2 fully saturated rings. The summed E-state index contributed by atoms with van der Waals surface area (Å²) in [6.45, 7) is 4.19. The number of rotatable bonds is 7. The quantitative estimate of drug-likeness (QED) is 0.526. The second kappa shape index (κ2) is 9.54. The van der Waals surface area contributed by atoms with Crippen LogP contribution in [0, 0.1) is 5.92 Å². The van der Waals surface area contributed by atoms with Crippen molar-refractivity contribution in [2.24, 2.45) is 5.92 Å². The van der Waals surface area contributed by atoms with Crippen molar-refractivity contribution in [2.75, 3.05) is 14.2 Å². The summed E-state index contributed by atoms with van der Waals surface area (Å²) in [6.07, 6.45) is 10.4. The smallest absolute Gasteiger partial charge is 0.308 e. The molecule has 138 valence electrons. The van der Waals surface area contributed by atoms with Crippen molar-refractivity contribution in [2.45, 2.75) is 82.9 Å². The van der Waals surface area contributed by atoms with Gasteiger partial charge in [-0.2, -0.15) is 0 Å². The van der Waals surface area contributed by atoms with Crippen molar-refractivity contribution in [3.8, 4) is 0 Å². The lowest BCUT2D eigenvalue weighted by Crippen LogP contribution is -2.34. The standard InChI is InChI=1S/C19H32O5/c1-13-8-9-15(24-18(13)12-19(20)22-4)6-5-7-16-10-11-17(23-16)14(2)21-3/h5-6,13-18H,7-12H2,1-4H3/b6-5+/t13-,14?,15-,16+,17-,18+/m0/s1. The van der Waals surface area contributed by atoms with Crippen LogP contribution in [0.2, 0.25) is 0 Å². The van der Waals surface area contributed by atoms with E-state index >= 15 is 0 Å². The van der Waals surface area contributed by atoms with Crippen LogP contribution in [-0.2, 0) is 23.7 Å². The molecule has 0 aromatic rings. The van der Waals surface area contributed by atoms with Gasteiger partial charge in [-0.3, -0.25) is 4.79 Å². The maximum absolute atomic E-state index is 11.5. The number of methoxy groups -OCH3 is 2. The summed E-state index contributed by atoms with van der Waals surface area (Å²) in [4.78, 5) is 11.5.